The van der Waals surface area contributed by atoms with Gasteiger partial charge in [0.2, 0.25) is 0 Å². The molecule has 0 aliphatic rings. The molecule has 1 rings (SSSR count). The first kappa shape index (κ1) is 18.3. The van der Waals surface area contributed by atoms with Crippen LogP contribution < -0.4 is 29.6 Å². The number of hydrogen-bond acceptors (Lipinski definition) is 2. The molecule has 4 heteroatoms. The zero-order valence-electron chi connectivity index (χ0n) is 11.5. The van der Waals surface area contributed by atoms with Gasteiger partial charge in [-0.1, -0.05) is 51.2 Å². The predicted molar refractivity (Wildman–Crippen MR) is 70.7 cm³/mol. The molecule has 0 radical (unpaired) electrons. The molecule has 0 spiro atoms. The van der Waals surface area contributed by atoms with E-state index in [1.807, 2.05) is 12.1 Å². The third kappa shape index (κ3) is 7.70. The van der Waals surface area contributed by atoms with Gasteiger partial charge in [-0.3, -0.25) is 4.21 Å². The van der Waals surface area contributed by atoms with Gasteiger partial charge in [0.25, 0.3) is 0 Å². The molecular weight excluding hydrogens is 255 g/mol. The first-order chi connectivity index (χ1) is 8.24. The van der Waals surface area contributed by atoms with Crippen LogP contribution in [0.3, 0.4) is 0 Å². The van der Waals surface area contributed by atoms with E-state index in [2.05, 4.69) is 6.92 Å². The second kappa shape index (κ2) is 11.2. The van der Waals surface area contributed by atoms with E-state index in [0.29, 0.717) is 4.90 Å². The fraction of sp³-hybridized carbons (Fsp3) is 0.571. The van der Waals surface area contributed by atoms with Crippen molar-refractivity contribution >= 4 is 11.1 Å². The molecule has 0 saturated heterocycles. The van der Waals surface area contributed by atoms with Gasteiger partial charge in [0.15, 0.2) is 0 Å². The van der Waals surface area contributed by atoms with Crippen LogP contribution in [-0.4, -0.2) is 8.76 Å². The third-order valence-corrected chi connectivity index (χ3v) is 3.59. The summed E-state index contributed by atoms with van der Waals surface area (Å²) in [6.45, 7) is 2.22. The predicted octanol–water partition coefficient (Wildman–Crippen LogP) is 0.832. The fourth-order valence-electron chi connectivity index (χ4n) is 1.88. The summed E-state index contributed by atoms with van der Waals surface area (Å²) in [5.74, 6) is 0. The van der Waals surface area contributed by atoms with E-state index in [1.165, 1.54) is 44.1 Å². The minimum Gasteiger partial charge on any atom is -0.768 e. The van der Waals surface area contributed by atoms with Gasteiger partial charge in [0.1, 0.15) is 0 Å². The van der Waals surface area contributed by atoms with Gasteiger partial charge < -0.3 is 4.55 Å². The zero-order chi connectivity index (χ0) is 12.5. The van der Waals surface area contributed by atoms with Gasteiger partial charge in [0, 0.05) is 4.90 Å². The minimum absolute atomic E-state index is 0. The topological polar surface area (TPSA) is 40.1 Å². The van der Waals surface area contributed by atoms with Gasteiger partial charge in [-0.25, -0.2) is 0 Å². The van der Waals surface area contributed by atoms with E-state index in [0.717, 1.165) is 6.42 Å². The molecule has 0 N–H and O–H groups in total. The molecule has 1 aromatic rings. The van der Waals surface area contributed by atoms with Crippen LogP contribution in [-0.2, 0) is 17.5 Å². The van der Waals surface area contributed by atoms with E-state index in [9.17, 15) is 8.76 Å². The van der Waals surface area contributed by atoms with Crippen LogP contribution in [0.1, 0.15) is 51.0 Å². The molecule has 2 nitrogen and oxygen atoms in total. The maximum atomic E-state index is 10.7. The summed E-state index contributed by atoms with van der Waals surface area (Å²) in [6.07, 6.45) is 8.80. The van der Waals surface area contributed by atoms with Gasteiger partial charge in [-0.15, -0.1) is 0 Å². The SMILES string of the molecule is CCCCCCCCc1ccc(S(=O)[O-])cc1.[Na+]. The summed E-state index contributed by atoms with van der Waals surface area (Å²) >= 11 is -2.10. The van der Waals surface area contributed by atoms with Gasteiger partial charge in [0.05, 0.1) is 0 Å². The Morgan fingerprint density at radius 1 is 1.00 bits per heavy atom. The van der Waals surface area contributed by atoms with Crippen molar-refractivity contribution in [1.82, 2.24) is 0 Å². The molecule has 0 aliphatic carbocycles. The van der Waals surface area contributed by atoms with Gasteiger partial charge in [-0.2, -0.15) is 0 Å². The Balaban J connectivity index is 0.00000289. The van der Waals surface area contributed by atoms with E-state index in [-0.39, 0.29) is 29.6 Å². The Labute approximate surface area is 135 Å². The number of unbranched alkanes of at least 4 members (excludes halogenated alkanes) is 5. The van der Waals surface area contributed by atoms with E-state index < -0.39 is 11.1 Å². The Morgan fingerprint density at radius 3 is 2.11 bits per heavy atom. The summed E-state index contributed by atoms with van der Waals surface area (Å²) in [5, 5.41) is 0. The Bertz CT molecular complexity index is 338. The first-order valence-electron chi connectivity index (χ1n) is 6.42. The average molecular weight is 276 g/mol. The van der Waals surface area contributed by atoms with Crippen molar-refractivity contribution in [3.63, 3.8) is 0 Å². The van der Waals surface area contributed by atoms with E-state index in [4.69, 9.17) is 0 Å². The standard InChI is InChI=1S/C14H22O2S.Na/c1-2-3-4-5-6-7-8-13-9-11-14(12-10-13)17(15)16;/h9-12H,2-8H2,1H3,(H,15,16);/q;+1/p-1. The number of aryl methyl sites for hydroxylation is 1. The van der Waals surface area contributed by atoms with Crippen LogP contribution >= 0.6 is 0 Å². The van der Waals surface area contributed by atoms with Crippen LogP contribution in [0.2, 0.25) is 0 Å². The van der Waals surface area contributed by atoms with E-state index >= 15 is 0 Å². The Kier molecular flexibility index (Phi) is 11.4. The molecule has 18 heavy (non-hydrogen) atoms. The van der Waals surface area contributed by atoms with Crippen molar-refractivity contribution in [2.75, 3.05) is 0 Å². The molecule has 0 saturated carbocycles. The first-order valence-corrected chi connectivity index (χ1v) is 7.49. The van der Waals surface area contributed by atoms with Crippen molar-refractivity contribution in [2.45, 2.75) is 56.8 Å². The summed E-state index contributed by atoms with van der Waals surface area (Å²) in [5.41, 5.74) is 1.23. The van der Waals surface area contributed by atoms with Crippen LogP contribution in [0.15, 0.2) is 29.2 Å². The number of hydrogen-bond donors (Lipinski definition) is 0. The van der Waals surface area contributed by atoms with Crippen molar-refractivity contribution in [3.05, 3.63) is 29.8 Å². The minimum atomic E-state index is -2.10. The van der Waals surface area contributed by atoms with Crippen LogP contribution in [0.4, 0.5) is 0 Å². The average Bonchev–Trinajstić information content (AvgIpc) is 2.34. The summed E-state index contributed by atoms with van der Waals surface area (Å²) in [4.78, 5) is 0.372. The molecule has 1 aromatic carbocycles. The molecule has 1 unspecified atom stereocenters. The van der Waals surface area contributed by atoms with Crippen molar-refractivity contribution < 1.29 is 38.3 Å². The number of benzene rings is 1. The second-order valence-electron chi connectivity index (χ2n) is 4.40. The van der Waals surface area contributed by atoms with Crippen LogP contribution in [0, 0.1) is 0 Å². The smallest absolute Gasteiger partial charge is 0.768 e. The summed E-state index contributed by atoms with van der Waals surface area (Å²) in [6, 6.07) is 7.18. The molecule has 1 atom stereocenters. The molecule has 0 amide bonds. The zero-order valence-corrected chi connectivity index (χ0v) is 14.3. The molecule has 0 bridgehead atoms. The Hall–Kier alpha value is 0.330. The van der Waals surface area contributed by atoms with Gasteiger partial charge >= 0.3 is 29.6 Å². The largest absolute Gasteiger partial charge is 1.00 e. The number of rotatable bonds is 8. The van der Waals surface area contributed by atoms with Crippen molar-refractivity contribution in [2.24, 2.45) is 0 Å². The summed E-state index contributed by atoms with van der Waals surface area (Å²) in [7, 11) is 0. The van der Waals surface area contributed by atoms with Crippen LogP contribution in [0.25, 0.3) is 0 Å². The molecule has 0 aliphatic heterocycles. The monoisotopic (exact) mass is 276 g/mol. The van der Waals surface area contributed by atoms with E-state index in [1.54, 1.807) is 12.1 Å². The van der Waals surface area contributed by atoms with Crippen LogP contribution in [0.5, 0.6) is 0 Å². The molecule has 96 valence electrons. The Morgan fingerprint density at radius 2 is 1.56 bits per heavy atom. The van der Waals surface area contributed by atoms with Crippen molar-refractivity contribution in [1.29, 1.82) is 0 Å². The maximum absolute atomic E-state index is 10.7. The third-order valence-electron chi connectivity index (χ3n) is 2.93. The van der Waals surface area contributed by atoms with Gasteiger partial charge in [-0.05, 0) is 41.6 Å². The second-order valence-corrected chi connectivity index (χ2v) is 5.34. The summed E-state index contributed by atoms with van der Waals surface area (Å²) < 4.78 is 21.3. The normalized spacial score (nSPS) is 11.9. The molecule has 0 aromatic heterocycles. The van der Waals surface area contributed by atoms with Crippen molar-refractivity contribution in [3.8, 4) is 0 Å². The molecule has 0 fully saturated rings. The molecule has 0 heterocycles. The fourth-order valence-corrected chi connectivity index (χ4v) is 2.23. The quantitative estimate of drug-likeness (QED) is 0.401. The molecular formula is C14H21NaO2S. The maximum Gasteiger partial charge on any atom is 1.00 e.